The van der Waals surface area contributed by atoms with Crippen LogP contribution in [0.2, 0.25) is 0 Å². The Labute approximate surface area is 221 Å². The number of esters is 3. The molecule has 0 saturated carbocycles. The van der Waals surface area contributed by atoms with Crippen LogP contribution in [0.1, 0.15) is 49.2 Å². The maximum Gasteiger partial charge on any atom is 0.343 e. The standard InChI is InChI=1S/C28H31N3O7/c1-5-36-24(32)17-31(16-19(4)27(34)37-6-2)26(33)18(3)15-20-7-9-22(10-8-20)28(35)38-23-13-11-21(12-14-23)25(29)30/h7-16H,5-6,17H2,1-4H3,(H3,29,30). The molecule has 3 N–H and O–H groups in total. The molecule has 0 aromatic heterocycles. The van der Waals surface area contributed by atoms with Crippen LogP contribution >= 0.6 is 0 Å². The van der Waals surface area contributed by atoms with Crippen LogP contribution < -0.4 is 10.5 Å². The van der Waals surface area contributed by atoms with E-state index >= 15 is 0 Å². The van der Waals surface area contributed by atoms with Crippen molar-refractivity contribution in [3.63, 3.8) is 0 Å². The number of nitrogens with two attached hydrogens (primary N) is 1. The van der Waals surface area contributed by atoms with Crippen molar-refractivity contribution in [2.75, 3.05) is 19.8 Å². The van der Waals surface area contributed by atoms with E-state index in [2.05, 4.69) is 0 Å². The Bertz CT molecular complexity index is 1250. The van der Waals surface area contributed by atoms with Gasteiger partial charge in [-0.3, -0.25) is 15.0 Å². The minimum absolute atomic E-state index is 0.0885. The Morgan fingerprint density at radius 3 is 2.00 bits per heavy atom. The zero-order chi connectivity index (χ0) is 28.2. The van der Waals surface area contributed by atoms with Crippen molar-refractivity contribution in [2.24, 2.45) is 5.73 Å². The fraction of sp³-hybridized carbons (Fsp3) is 0.250. The molecule has 2 rings (SSSR count). The summed E-state index contributed by atoms with van der Waals surface area (Å²) in [7, 11) is 0. The molecule has 0 fully saturated rings. The summed E-state index contributed by atoms with van der Waals surface area (Å²) in [6.07, 6.45) is 2.85. The van der Waals surface area contributed by atoms with E-state index in [9.17, 15) is 19.2 Å². The SMILES string of the molecule is CCOC(=O)CN(C=C(C)C(=O)OCC)C(=O)C(C)=Cc1ccc(C(=O)Oc2ccc(C(=N)N)cc2)cc1. The van der Waals surface area contributed by atoms with Crippen molar-refractivity contribution < 1.29 is 33.4 Å². The van der Waals surface area contributed by atoms with E-state index in [4.69, 9.17) is 25.4 Å². The first-order chi connectivity index (χ1) is 18.0. The lowest BCUT2D eigenvalue weighted by atomic mass is 10.1. The molecule has 2 aromatic rings. The molecule has 0 saturated heterocycles. The highest BCUT2D eigenvalue weighted by Gasteiger charge is 2.20. The monoisotopic (exact) mass is 521 g/mol. The summed E-state index contributed by atoms with van der Waals surface area (Å²) in [5.41, 5.74) is 7.28. The number of rotatable bonds is 11. The Morgan fingerprint density at radius 1 is 0.868 bits per heavy atom. The molecule has 0 bridgehead atoms. The van der Waals surface area contributed by atoms with E-state index in [1.54, 1.807) is 75.4 Å². The highest BCUT2D eigenvalue weighted by Crippen LogP contribution is 2.16. The zero-order valence-electron chi connectivity index (χ0n) is 21.8. The van der Waals surface area contributed by atoms with Gasteiger partial charge in [-0.25, -0.2) is 9.59 Å². The van der Waals surface area contributed by atoms with Crippen LogP contribution in [-0.4, -0.2) is 54.3 Å². The molecule has 0 aliphatic rings. The Morgan fingerprint density at radius 2 is 1.45 bits per heavy atom. The van der Waals surface area contributed by atoms with Crippen molar-refractivity contribution in [3.8, 4) is 5.75 Å². The molecular weight excluding hydrogens is 490 g/mol. The number of nitrogens with zero attached hydrogens (tertiary/aromatic N) is 1. The molecule has 0 spiro atoms. The molecule has 10 nitrogen and oxygen atoms in total. The van der Waals surface area contributed by atoms with Crippen LogP contribution in [0.4, 0.5) is 0 Å². The predicted octanol–water partition coefficient (Wildman–Crippen LogP) is 3.45. The van der Waals surface area contributed by atoms with Gasteiger partial charge < -0.3 is 24.8 Å². The van der Waals surface area contributed by atoms with Gasteiger partial charge >= 0.3 is 17.9 Å². The third-order valence-corrected chi connectivity index (χ3v) is 5.06. The summed E-state index contributed by atoms with van der Waals surface area (Å²) >= 11 is 0. The van der Waals surface area contributed by atoms with Gasteiger partial charge in [0.15, 0.2) is 0 Å². The second-order valence-electron chi connectivity index (χ2n) is 8.05. The first kappa shape index (κ1) is 29.5. The first-order valence-electron chi connectivity index (χ1n) is 11.8. The maximum absolute atomic E-state index is 13.1. The number of nitrogen functional groups attached to an aromatic ring is 1. The quantitative estimate of drug-likeness (QED) is 0.150. The second kappa shape index (κ2) is 14.1. The molecular formula is C28H31N3O7. The van der Waals surface area contributed by atoms with Gasteiger partial charge in [0.05, 0.1) is 24.4 Å². The Kier molecular flexibility index (Phi) is 11.0. The third-order valence-electron chi connectivity index (χ3n) is 5.06. The van der Waals surface area contributed by atoms with Crippen molar-refractivity contribution in [3.05, 3.63) is 82.6 Å². The van der Waals surface area contributed by atoms with Gasteiger partial charge in [0.1, 0.15) is 18.1 Å². The number of carbonyl (C=O) groups excluding carboxylic acids is 4. The van der Waals surface area contributed by atoms with E-state index < -0.39 is 23.8 Å². The number of ether oxygens (including phenoxy) is 3. The smallest absolute Gasteiger partial charge is 0.343 e. The predicted molar refractivity (Wildman–Crippen MR) is 141 cm³/mol. The first-order valence-corrected chi connectivity index (χ1v) is 11.8. The van der Waals surface area contributed by atoms with Crippen LogP contribution in [0.15, 0.2) is 65.9 Å². The van der Waals surface area contributed by atoms with Crippen LogP contribution in [0.5, 0.6) is 5.75 Å². The van der Waals surface area contributed by atoms with E-state index in [-0.39, 0.29) is 36.7 Å². The second-order valence-corrected chi connectivity index (χ2v) is 8.05. The molecule has 200 valence electrons. The highest BCUT2D eigenvalue weighted by molar-refractivity contribution is 6.00. The fourth-order valence-corrected chi connectivity index (χ4v) is 3.18. The molecule has 10 heteroatoms. The molecule has 0 unspecified atom stereocenters. The van der Waals surface area contributed by atoms with E-state index in [0.717, 1.165) is 4.90 Å². The molecule has 38 heavy (non-hydrogen) atoms. The van der Waals surface area contributed by atoms with Gasteiger partial charge in [-0.2, -0.15) is 0 Å². The molecule has 0 atom stereocenters. The van der Waals surface area contributed by atoms with Crippen molar-refractivity contribution in [2.45, 2.75) is 27.7 Å². The molecule has 0 aliphatic carbocycles. The number of hydrogen-bond acceptors (Lipinski definition) is 8. The molecule has 0 radical (unpaired) electrons. The summed E-state index contributed by atoms with van der Waals surface area (Å²) in [6.45, 7) is 6.31. The van der Waals surface area contributed by atoms with Crippen molar-refractivity contribution >= 4 is 35.7 Å². The van der Waals surface area contributed by atoms with Crippen LogP contribution in [0.3, 0.4) is 0 Å². The topological polar surface area (TPSA) is 149 Å². The summed E-state index contributed by atoms with van der Waals surface area (Å²) < 4.78 is 15.2. The Balaban J connectivity index is 2.17. The van der Waals surface area contributed by atoms with E-state index in [1.807, 2.05) is 0 Å². The number of carbonyl (C=O) groups is 4. The lowest BCUT2D eigenvalue weighted by Crippen LogP contribution is -2.33. The molecule has 0 heterocycles. The summed E-state index contributed by atoms with van der Waals surface area (Å²) in [4.78, 5) is 50.7. The summed E-state index contributed by atoms with van der Waals surface area (Å²) in [5.74, 6) is -2.11. The van der Waals surface area contributed by atoms with Gasteiger partial charge in [0.25, 0.3) is 5.91 Å². The van der Waals surface area contributed by atoms with Gasteiger partial charge in [-0.1, -0.05) is 12.1 Å². The van der Waals surface area contributed by atoms with Crippen LogP contribution in [0, 0.1) is 5.41 Å². The molecule has 2 aromatic carbocycles. The maximum atomic E-state index is 13.1. The largest absolute Gasteiger partial charge is 0.465 e. The fourth-order valence-electron chi connectivity index (χ4n) is 3.18. The molecule has 1 amide bonds. The van der Waals surface area contributed by atoms with Gasteiger partial charge in [-0.05, 0) is 75.7 Å². The number of amides is 1. The minimum Gasteiger partial charge on any atom is -0.465 e. The Hall–Kier alpha value is -4.73. The van der Waals surface area contributed by atoms with Gasteiger partial charge in [0, 0.05) is 17.3 Å². The number of hydrogen-bond donors (Lipinski definition) is 2. The average Bonchev–Trinajstić information content (AvgIpc) is 2.88. The number of amidine groups is 1. The summed E-state index contributed by atoms with van der Waals surface area (Å²) in [6, 6.07) is 12.6. The lowest BCUT2D eigenvalue weighted by molar-refractivity contribution is -0.146. The molecule has 0 aliphatic heterocycles. The van der Waals surface area contributed by atoms with E-state index in [0.29, 0.717) is 22.4 Å². The number of nitrogens with one attached hydrogen (secondary N) is 1. The zero-order valence-corrected chi connectivity index (χ0v) is 21.8. The van der Waals surface area contributed by atoms with Crippen molar-refractivity contribution in [1.82, 2.24) is 4.90 Å². The minimum atomic E-state index is -0.625. The van der Waals surface area contributed by atoms with Crippen LogP contribution in [-0.2, 0) is 23.9 Å². The highest BCUT2D eigenvalue weighted by atomic mass is 16.5. The normalized spacial score (nSPS) is 11.4. The van der Waals surface area contributed by atoms with Gasteiger partial charge in [-0.15, -0.1) is 0 Å². The lowest BCUT2D eigenvalue weighted by Gasteiger charge is -2.19. The average molecular weight is 522 g/mol. The van der Waals surface area contributed by atoms with Crippen LogP contribution in [0.25, 0.3) is 6.08 Å². The van der Waals surface area contributed by atoms with Gasteiger partial charge in [0.2, 0.25) is 0 Å². The number of benzene rings is 2. The summed E-state index contributed by atoms with van der Waals surface area (Å²) in [5, 5.41) is 7.41. The van der Waals surface area contributed by atoms with E-state index in [1.165, 1.54) is 13.1 Å². The van der Waals surface area contributed by atoms with Crippen molar-refractivity contribution in [1.29, 1.82) is 5.41 Å². The third kappa shape index (κ3) is 8.74.